The van der Waals surface area contributed by atoms with E-state index in [4.69, 9.17) is 5.11 Å². The Morgan fingerprint density at radius 1 is 1.00 bits per heavy atom. The molecular formula is C8H10F4O2. The number of aliphatic carboxylic acids is 1. The first-order valence-corrected chi connectivity index (χ1v) is 4.03. The molecule has 0 aromatic heterocycles. The van der Waals surface area contributed by atoms with Crippen molar-refractivity contribution in [1.29, 1.82) is 0 Å². The first kappa shape index (κ1) is 11.3. The predicted octanol–water partition coefficient (Wildman–Crippen LogP) is 1.55. The lowest BCUT2D eigenvalue weighted by atomic mass is 9.97. The van der Waals surface area contributed by atoms with Crippen LogP contribution in [0.2, 0.25) is 0 Å². The summed E-state index contributed by atoms with van der Waals surface area (Å²) in [5.41, 5.74) is -4.00. The van der Waals surface area contributed by atoms with Gasteiger partial charge in [0.05, 0.1) is 43.4 Å². The molecule has 1 saturated carbocycles. The van der Waals surface area contributed by atoms with Crippen LogP contribution in [0.5, 0.6) is 0 Å². The van der Waals surface area contributed by atoms with Gasteiger partial charge in [0, 0.05) is 0 Å². The van der Waals surface area contributed by atoms with Crippen molar-refractivity contribution in [3.63, 3.8) is 0 Å². The van der Waals surface area contributed by atoms with Crippen molar-refractivity contribution >= 4 is 5.97 Å². The molecule has 0 bridgehead atoms. The summed E-state index contributed by atoms with van der Waals surface area (Å²) < 4.78 is 49.9. The molecule has 0 amide bonds. The highest BCUT2D eigenvalue weighted by atomic mass is 19.1. The van der Waals surface area contributed by atoms with Gasteiger partial charge in [-0.05, 0) is 0 Å². The molecule has 0 atom stereocenters. The third-order valence-electron chi connectivity index (χ3n) is 3.21. The monoisotopic (exact) mass is 214 g/mol. The Labute approximate surface area is 77.9 Å². The largest absolute Gasteiger partial charge is 0.481 e. The van der Waals surface area contributed by atoms with Gasteiger partial charge in [-0.1, -0.05) is 0 Å². The Hall–Kier alpha value is -0.810. The van der Waals surface area contributed by atoms with Crippen molar-refractivity contribution in [1.82, 2.24) is 0 Å². The molecule has 0 aliphatic heterocycles. The molecule has 0 heterocycles. The van der Waals surface area contributed by atoms with Crippen LogP contribution in [0.15, 0.2) is 0 Å². The molecule has 2 nitrogen and oxygen atoms in total. The summed E-state index contributed by atoms with van der Waals surface area (Å²) >= 11 is 0. The number of carbonyl (C=O) groups is 1. The molecule has 1 rings (SSSR count). The first-order valence-electron chi connectivity index (χ1n) is 4.03. The minimum Gasteiger partial charge on any atom is -0.481 e. The summed E-state index contributed by atoms with van der Waals surface area (Å²) in [7, 11) is 0. The van der Waals surface area contributed by atoms with Crippen LogP contribution in [0, 0.1) is 16.7 Å². The zero-order valence-corrected chi connectivity index (χ0v) is 7.27. The summed E-state index contributed by atoms with van der Waals surface area (Å²) in [6.07, 6.45) is 0. The Morgan fingerprint density at radius 2 is 1.29 bits per heavy atom. The fourth-order valence-electron chi connectivity index (χ4n) is 2.12. The Balaban J connectivity index is 3.02. The third-order valence-corrected chi connectivity index (χ3v) is 3.21. The summed E-state index contributed by atoms with van der Waals surface area (Å²) in [6.45, 7) is -5.41. The molecular weight excluding hydrogens is 204 g/mol. The topological polar surface area (TPSA) is 37.3 Å². The van der Waals surface area contributed by atoms with Gasteiger partial charge in [0.2, 0.25) is 0 Å². The van der Waals surface area contributed by atoms with E-state index in [9.17, 15) is 22.4 Å². The molecule has 1 N–H and O–H groups in total. The van der Waals surface area contributed by atoms with Crippen molar-refractivity contribution in [2.75, 3.05) is 26.7 Å². The van der Waals surface area contributed by atoms with Crippen molar-refractivity contribution < 1.29 is 27.5 Å². The lowest BCUT2D eigenvalue weighted by Gasteiger charge is -2.13. The second-order valence-electron chi connectivity index (χ2n) is 3.62. The van der Waals surface area contributed by atoms with Gasteiger partial charge in [-0.15, -0.1) is 0 Å². The molecule has 0 radical (unpaired) electrons. The van der Waals surface area contributed by atoms with Crippen molar-refractivity contribution in [3.05, 3.63) is 0 Å². The van der Waals surface area contributed by atoms with E-state index in [1.165, 1.54) is 0 Å². The van der Waals surface area contributed by atoms with E-state index >= 15 is 0 Å². The molecule has 1 aliphatic rings. The number of carboxylic acids is 1. The first-order chi connectivity index (χ1) is 6.56. The molecule has 14 heavy (non-hydrogen) atoms. The molecule has 0 aromatic rings. The normalized spacial score (nSPS) is 23.4. The van der Waals surface area contributed by atoms with Crippen molar-refractivity contribution in [2.24, 2.45) is 16.7 Å². The molecule has 1 aliphatic carbocycles. The number of carboxylic acid groups (broad SMARTS) is 1. The summed E-state index contributed by atoms with van der Waals surface area (Å²) in [5.74, 6) is -3.14. The van der Waals surface area contributed by atoms with E-state index in [0.29, 0.717) is 0 Å². The fraction of sp³-hybridized carbons (Fsp3) is 0.875. The SMILES string of the molecule is O=C(O)C1C(CF)(CF)C1(CF)CF. The number of hydrogen-bond donors (Lipinski definition) is 1. The van der Waals surface area contributed by atoms with Crippen molar-refractivity contribution in [3.8, 4) is 0 Å². The number of hydrogen-bond acceptors (Lipinski definition) is 1. The van der Waals surface area contributed by atoms with Crippen LogP contribution in [0.3, 0.4) is 0 Å². The Morgan fingerprint density at radius 3 is 1.36 bits per heavy atom. The molecule has 0 aromatic carbocycles. The maximum atomic E-state index is 12.5. The zero-order chi connectivity index (χ0) is 11.0. The van der Waals surface area contributed by atoms with Crippen LogP contribution in [0.4, 0.5) is 17.6 Å². The van der Waals surface area contributed by atoms with Gasteiger partial charge in [0.25, 0.3) is 0 Å². The molecule has 6 heteroatoms. The van der Waals surface area contributed by atoms with Gasteiger partial charge in [-0.25, -0.2) is 0 Å². The lowest BCUT2D eigenvalue weighted by Crippen LogP contribution is -2.22. The summed E-state index contributed by atoms with van der Waals surface area (Å²) in [4.78, 5) is 10.6. The predicted molar refractivity (Wildman–Crippen MR) is 39.9 cm³/mol. The van der Waals surface area contributed by atoms with Crippen LogP contribution in [0.1, 0.15) is 0 Å². The average molecular weight is 214 g/mol. The number of halogens is 4. The second-order valence-corrected chi connectivity index (χ2v) is 3.62. The minimum atomic E-state index is -2.00. The van der Waals surface area contributed by atoms with Crippen molar-refractivity contribution in [2.45, 2.75) is 0 Å². The third kappa shape index (κ3) is 0.994. The fourth-order valence-corrected chi connectivity index (χ4v) is 2.12. The van der Waals surface area contributed by atoms with Crippen LogP contribution in [-0.2, 0) is 4.79 Å². The van der Waals surface area contributed by atoms with Gasteiger partial charge < -0.3 is 5.11 Å². The van der Waals surface area contributed by atoms with Gasteiger partial charge >= 0.3 is 5.97 Å². The smallest absolute Gasteiger partial charge is 0.308 e. The van der Waals surface area contributed by atoms with Crippen LogP contribution >= 0.6 is 0 Å². The van der Waals surface area contributed by atoms with E-state index in [-0.39, 0.29) is 0 Å². The molecule has 0 spiro atoms. The van der Waals surface area contributed by atoms with Gasteiger partial charge in [-0.2, -0.15) is 0 Å². The minimum absolute atomic E-state index is 1.35. The number of rotatable bonds is 5. The highest BCUT2D eigenvalue weighted by Crippen LogP contribution is 2.70. The van der Waals surface area contributed by atoms with Crippen LogP contribution in [-0.4, -0.2) is 37.8 Å². The van der Waals surface area contributed by atoms with Crippen LogP contribution in [0.25, 0.3) is 0 Å². The van der Waals surface area contributed by atoms with Crippen LogP contribution < -0.4 is 0 Å². The van der Waals surface area contributed by atoms with E-state index in [0.717, 1.165) is 0 Å². The quantitative estimate of drug-likeness (QED) is 0.705. The number of alkyl halides is 4. The van der Waals surface area contributed by atoms with E-state index in [1.54, 1.807) is 0 Å². The zero-order valence-electron chi connectivity index (χ0n) is 7.27. The van der Waals surface area contributed by atoms with E-state index < -0.39 is 49.4 Å². The van der Waals surface area contributed by atoms with Gasteiger partial charge in [0.1, 0.15) is 0 Å². The average Bonchev–Trinajstić information content (AvgIpc) is 2.81. The lowest BCUT2D eigenvalue weighted by molar-refractivity contribution is -0.140. The maximum Gasteiger partial charge on any atom is 0.308 e. The van der Waals surface area contributed by atoms with Gasteiger partial charge in [0.15, 0.2) is 0 Å². The Bertz CT molecular complexity index is 217. The van der Waals surface area contributed by atoms with Gasteiger partial charge in [-0.3, -0.25) is 22.4 Å². The maximum absolute atomic E-state index is 12.5. The summed E-state index contributed by atoms with van der Waals surface area (Å²) in [5, 5.41) is 8.58. The second kappa shape index (κ2) is 3.40. The molecule has 1 fully saturated rings. The Kier molecular flexibility index (Phi) is 2.74. The molecule has 82 valence electrons. The summed E-state index contributed by atoms with van der Waals surface area (Å²) in [6, 6.07) is 0. The highest BCUT2D eigenvalue weighted by molar-refractivity contribution is 5.77. The van der Waals surface area contributed by atoms with E-state index in [1.807, 2.05) is 0 Å². The molecule has 0 unspecified atom stereocenters. The molecule has 0 saturated heterocycles. The van der Waals surface area contributed by atoms with E-state index in [2.05, 4.69) is 0 Å². The highest BCUT2D eigenvalue weighted by Gasteiger charge is 2.80. The standard InChI is InChI=1S/C8H10F4O2/c9-1-7(2-10)5(6(13)14)8(7,3-11)4-12/h5H,1-4H2,(H,13,14).